The largest absolute Gasteiger partial charge is 0.463 e. The summed E-state index contributed by atoms with van der Waals surface area (Å²) in [4.78, 5) is 15.5. The van der Waals surface area contributed by atoms with Gasteiger partial charge in [0.05, 0.1) is 12.9 Å². The molecule has 3 aromatic heterocycles. The Morgan fingerprint density at radius 3 is 2.88 bits per heavy atom. The molecule has 3 aromatic rings. The Bertz CT molecular complexity index is 852. The maximum atomic E-state index is 13.3. The van der Waals surface area contributed by atoms with E-state index in [1.165, 1.54) is 17.7 Å². The van der Waals surface area contributed by atoms with E-state index in [1.807, 2.05) is 0 Å². The molecule has 24 heavy (non-hydrogen) atoms. The van der Waals surface area contributed by atoms with E-state index in [1.54, 1.807) is 13.0 Å². The molecular formula is C14H10F3N3O3S. The SMILES string of the molecule is CCOC(=O)c1csc(-n2nc(-c3ccco3)cc2C(F)(F)F)n1. The molecule has 3 heterocycles. The van der Waals surface area contributed by atoms with Gasteiger partial charge in [-0.25, -0.2) is 14.5 Å². The molecular weight excluding hydrogens is 347 g/mol. The minimum atomic E-state index is -4.65. The minimum Gasteiger partial charge on any atom is -0.463 e. The molecule has 3 rings (SSSR count). The molecule has 0 atom stereocenters. The van der Waals surface area contributed by atoms with Crippen molar-refractivity contribution in [2.45, 2.75) is 13.1 Å². The number of alkyl halides is 3. The zero-order valence-corrected chi connectivity index (χ0v) is 13.0. The van der Waals surface area contributed by atoms with Crippen LogP contribution in [0.1, 0.15) is 23.1 Å². The number of halogens is 3. The van der Waals surface area contributed by atoms with E-state index in [-0.39, 0.29) is 28.9 Å². The van der Waals surface area contributed by atoms with Crippen LogP contribution in [-0.4, -0.2) is 27.3 Å². The lowest BCUT2D eigenvalue weighted by Crippen LogP contribution is -2.13. The molecule has 0 aliphatic rings. The molecule has 0 amide bonds. The molecule has 0 aliphatic carbocycles. The quantitative estimate of drug-likeness (QED) is 0.665. The number of furan rings is 1. The third-order valence-electron chi connectivity index (χ3n) is 2.93. The fourth-order valence-electron chi connectivity index (χ4n) is 1.93. The number of hydrogen-bond acceptors (Lipinski definition) is 6. The molecule has 0 saturated carbocycles. The van der Waals surface area contributed by atoms with Gasteiger partial charge in [-0.3, -0.25) is 0 Å². The van der Waals surface area contributed by atoms with E-state index in [4.69, 9.17) is 9.15 Å². The van der Waals surface area contributed by atoms with Gasteiger partial charge in [-0.1, -0.05) is 0 Å². The highest BCUT2D eigenvalue weighted by molar-refractivity contribution is 7.12. The number of carbonyl (C=O) groups excluding carboxylic acids is 1. The van der Waals surface area contributed by atoms with Crippen molar-refractivity contribution in [3.05, 3.63) is 41.2 Å². The second-order valence-electron chi connectivity index (χ2n) is 4.54. The summed E-state index contributed by atoms with van der Waals surface area (Å²) in [6.45, 7) is 1.76. The molecule has 0 spiro atoms. The van der Waals surface area contributed by atoms with Gasteiger partial charge >= 0.3 is 12.1 Å². The van der Waals surface area contributed by atoms with Crippen LogP contribution in [0.15, 0.2) is 34.3 Å². The third-order valence-corrected chi connectivity index (χ3v) is 3.75. The summed E-state index contributed by atoms with van der Waals surface area (Å²) in [5, 5.41) is 5.13. The second kappa shape index (κ2) is 6.11. The fraction of sp³-hybridized carbons (Fsp3) is 0.214. The van der Waals surface area contributed by atoms with E-state index < -0.39 is 17.8 Å². The lowest BCUT2D eigenvalue weighted by atomic mass is 10.3. The fourth-order valence-corrected chi connectivity index (χ4v) is 2.69. The number of nitrogens with zero attached hydrogens (tertiary/aromatic N) is 3. The average molecular weight is 357 g/mol. The molecule has 126 valence electrons. The highest BCUT2D eigenvalue weighted by atomic mass is 32.1. The van der Waals surface area contributed by atoms with Gasteiger partial charge in [0, 0.05) is 11.4 Å². The predicted octanol–water partition coefficient (Wildman–Crippen LogP) is 3.78. The lowest BCUT2D eigenvalue weighted by molar-refractivity contribution is -0.142. The van der Waals surface area contributed by atoms with E-state index >= 15 is 0 Å². The van der Waals surface area contributed by atoms with Gasteiger partial charge in [0.25, 0.3) is 0 Å². The van der Waals surface area contributed by atoms with Gasteiger partial charge < -0.3 is 9.15 Å². The number of ether oxygens (including phenoxy) is 1. The summed E-state index contributed by atoms with van der Waals surface area (Å²) in [5.74, 6) is -0.506. The van der Waals surface area contributed by atoms with Crippen molar-refractivity contribution in [1.82, 2.24) is 14.8 Å². The molecule has 0 saturated heterocycles. The molecule has 10 heteroatoms. The van der Waals surface area contributed by atoms with E-state index in [9.17, 15) is 18.0 Å². The van der Waals surface area contributed by atoms with Crippen LogP contribution in [0.2, 0.25) is 0 Å². The van der Waals surface area contributed by atoms with Crippen molar-refractivity contribution < 1.29 is 27.1 Å². The second-order valence-corrected chi connectivity index (χ2v) is 5.37. The summed E-state index contributed by atoms with van der Waals surface area (Å²) in [5.41, 5.74) is -1.07. The number of carbonyl (C=O) groups is 1. The molecule has 0 aliphatic heterocycles. The van der Waals surface area contributed by atoms with Gasteiger partial charge in [-0.05, 0) is 19.1 Å². The molecule has 0 bridgehead atoms. The predicted molar refractivity (Wildman–Crippen MR) is 77.9 cm³/mol. The lowest BCUT2D eigenvalue weighted by Gasteiger charge is -2.06. The van der Waals surface area contributed by atoms with Crippen LogP contribution < -0.4 is 0 Å². The Morgan fingerprint density at radius 2 is 2.25 bits per heavy atom. The molecule has 6 nitrogen and oxygen atoms in total. The normalized spacial score (nSPS) is 11.7. The van der Waals surface area contributed by atoms with Crippen LogP contribution in [0.5, 0.6) is 0 Å². The van der Waals surface area contributed by atoms with Crippen LogP contribution >= 0.6 is 11.3 Å². The summed E-state index contributed by atoms with van der Waals surface area (Å²) >= 11 is 0.856. The van der Waals surface area contributed by atoms with Crippen molar-refractivity contribution in [3.63, 3.8) is 0 Å². The van der Waals surface area contributed by atoms with Gasteiger partial charge in [-0.2, -0.15) is 18.3 Å². The Balaban J connectivity index is 2.05. The van der Waals surface area contributed by atoms with Crippen LogP contribution in [0.25, 0.3) is 16.6 Å². The van der Waals surface area contributed by atoms with E-state index in [0.717, 1.165) is 17.4 Å². The van der Waals surface area contributed by atoms with E-state index in [2.05, 4.69) is 10.1 Å². The van der Waals surface area contributed by atoms with Crippen LogP contribution in [-0.2, 0) is 10.9 Å². The summed E-state index contributed by atoms with van der Waals surface area (Å²) in [6.07, 6.45) is -3.31. The number of thiazole rings is 1. The first-order chi connectivity index (χ1) is 11.4. The highest BCUT2D eigenvalue weighted by Crippen LogP contribution is 2.34. The minimum absolute atomic E-state index is 0.0141. The summed E-state index contributed by atoms with van der Waals surface area (Å²) < 4.78 is 50.3. The van der Waals surface area contributed by atoms with Gasteiger partial charge in [0.15, 0.2) is 17.1 Å². The Hall–Kier alpha value is -2.62. The third kappa shape index (κ3) is 3.04. The van der Waals surface area contributed by atoms with Gasteiger partial charge in [0.1, 0.15) is 5.69 Å². The Labute approximate surface area is 137 Å². The van der Waals surface area contributed by atoms with Crippen LogP contribution in [0.4, 0.5) is 13.2 Å². The zero-order chi connectivity index (χ0) is 17.3. The van der Waals surface area contributed by atoms with Crippen molar-refractivity contribution in [2.75, 3.05) is 6.61 Å². The summed E-state index contributed by atoms with van der Waals surface area (Å²) in [6, 6.07) is 3.91. The van der Waals surface area contributed by atoms with Crippen molar-refractivity contribution in [2.24, 2.45) is 0 Å². The first kappa shape index (κ1) is 16.2. The maximum Gasteiger partial charge on any atom is 0.433 e. The number of hydrogen-bond donors (Lipinski definition) is 0. The van der Waals surface area contributed by atoms with Gasteiger partial charge in [-0.15, -0.1) is 11.3 Å². The summed E-state index contributed by atoms with van der Waals surface area (Å²) in [7, 11) is 0. The highest BCUT2D eigenvalue weighted by Gasteiger charge is 2.37. The number of rotatable bonds is 4. The smallest absolute Gasteiger partial charge is 0.433 e. The molecule has 0 N–H and O–H groups in total. The average Bonchev–Trinajstić information content (AvgIpc) is 3.25. The van der Waals surface area contributed by atoms with Crippen LogP contribution in [0, 0.1) is 0 Å². The Morgan fingerprint density at radius 1 is 1.46 bits per heavy atom. The molecule has 0 radical (unpaired) electrons. The molecule has 0 unspecified atom stereocenters. The first-order valence-electron chi connectivity index (χ1n) is 6.74. The van der Waals surface area contributed by atoms with Crippen molar-refractivity contribution in [1.29, 1.82) is 0 Å². The molecule has 0 aromatic carbocycles. The maximum absolute atomic E-state index is 13.3. The number of esters is 1. The van der Waals surface area contributed by atoms with Crippen LogP contribution in [0.3, 0.4) is 0 Å². The monoisotopic (exact) mass is 357 g/mol. The van der Waals surface area contributed by atoms with Crippen molar-refractivity contribution >= 4 is 17.3 Å². The standard InChI is InChI=1S/C14H10F3N3O3S/c1-2-22-12(21)9-7-24-13(18-9)20-11(14(15,16)17)6-8(19-20)10-4-3-5-23-10/h3-7H,2H2,1H3. The van der Waals surface area contributed by atoms with Crippen molar-refractivity contribution in [3.8, 4) is 16.6 Å². The zero-order valence-electron chi connectivity index (χ0n) is 12.2. The Kier molecular flexibility index (Phi) is 4.14. The van der Waals surface area contributed by atoms with E-state index in [0.29, 0.717) is 4.68 Å². The van der Waals surface area contributed by atoms with Gasteiger partial charge in [0.2, 0.25) is 5.13 Å². The molecule has 0 fully saturated rings. The topological polar surface area (TPSA) is 70.2 Å². The number of aromatic nitrogens is 3. The first-order valence-corrected chi connectivity index (χ1v) is 7.62.